The van der Waals surface area contributed by atoms with Gasteiger partial charge in [-0.05, 0) is 61.0 Å². The van der Waals surface area contributed by atoms with Crippen LogP contribution in [0.25, 0.3) is 10.9 Å². The molecule has 0 unspecified atom stereocenters. The van der Waals surface area contributed by atoms with Gasteiger partial charge in [0.2, 0.25) is 0 Å². The van der Waals surface area contributed by atoms with Crippen LogP contribution in [0.1, 0.15) is 47.2 Å². The molecule has 0 aliphatic rings. The Kier molecular flexibility index (Phi) is 8.61. The van der Waals surface area contributed by atoms with E-state index in [4.69, 9.17) is 0 Å². The molecule has 206 valence electrons. The summed E-state index contributed by atoms with van der Waals surface area (Å²) in [5.41, 5.74) is 3.37. The number of benzene rings is 2. The molecule has 0 saturated heterocycles. The van der Waals surface area contributed by atoms with Crippen molar-refractivity contribution in [2.45, 2.75) is 44.4 Å². The van der Waals surface area contributed by atoms with Gasteiger partial charge in [0, 0.05) is 41.3 Å². The largest absolute Gasteiger partial charge is 0.435 e. The second-order valence-corrected chi connectivity index (χ2v) is 11.2. The second kappa shape index (κ2) is 11.9. The number of rotatable bonds is 11. The normalized spacial score (nSPS) is 12.6. The number of aromatic nitrogens is 2. The number of alkyl halides is 2. The van der Waals surface area contributed by atoms with Crippen LogP contribution < -0.4 is 10.1 Å². The molecule has 2 N–H and O–H groups in total. The van der Waals surface area contributed by atoms with E-state index in [1.807, 2.05) is 25.1 Å². The maximum Gasteiger partial charge on any atom is 0.387 e. The first-order valence-corrected chi connectivity index (χ1v) is 14.1. The Bertz CT molecular complexity index is 1570. The van der Waals surface area contributed by atoms with E-state index in [1.165, 1.54) is 31.3 Å². The Labute approximate surface area is 225 Å². The van der Waals surface area contributed by atoms with Crippen LogP contribution in [0.15, 0.2) is 71.8 Å². The van der Waals surface area contributed by atoms with Crippen LogP contribution in [-0.2, 0) is 22.8 Å². The average Bonchev–Trinajstić information content (AvgIpc) is 3.27. The van der Waals surface area contributed by atoms with Gasteiger partial charge >= 0.3 is 6.61 Å². The Morgan fingerprint density at radius 2 is 1.90 bits per heavy atom. The van der Waals surface area contributed by atoms with Crippen LogP contribution in [0, 0.1) is 0 Å². The number of hydrogen-bond donors (Lipinski definition) is 2. The summed E-state index contributed by atoms with van der Waals surface area (Å²) in [6.45, 7) is 0.878. The number of halogens is 2. The van der Waals surface area contributed by atoms with E-state index in [0.717, 1.165) is 22.2 Å². The van der Waals surface area contributed by atoms with E-state index in [9.17, 15) is 27.1 Å². The van der Waals surface area contributed by atoms with Crippen molar-refractivity contribution in [2.75, 3.05) is 12.4 Å². The van der Waals surface area contributed by atoms with Crippen LogP contribution in [0.3, 0.4) is 0 Å². The molecule has 2 aromatic heterocycles. The Balaban J connectivity index is 1.55. The highest BCUT2D eigenvalue weighted by atomic mass is 32.2. The lowest BCUT2D eigenvalue weighted by atomic mass is 10.1. The van der Waals surface area contributed by atoms with Crippen molar-refractivity contribution in [1.29, 1.82) is 0 Å². The smallest absolute Gasteiger partial charge is 0.387 e. The second-order valence-electron chi connectivity index (χ2n) is 8.89. The van der Waals surface area contributed by atoms with E-state index in [1.54, 1.807) is 24.3 Å². The number of carbonyl (C=O) groups is 1. The van der Waals surface area contributed by atoms with Crippen molar-refractivity contribution in [3.8, 4) is 5.75 Å². The third-order valence-electron chi connectivity index (χ3n) is 6.42. The highest BCUT2D eigenvalue weighted by Crippen LogP contribution is 2.26. The molecule has 4 rings (SSSR count). The molecule has 0 bridgehead atoms. The van der Waals surface area contributed by atoms with Gasteiger partial charge in [-0.15, -0.1) is 0 Å². The Morgan fingerprint density at radius 1 is 1.10 bits per heavy atom. The minimum absolute atomic E-state index is 0.0579. The summed E-state index contributed by atoms with van der Waals surface area (Å²) in [7, 11) is -3.42. The molecule has 0 spiro atoms. The molecule has 8 nitrogen and oxygen atoms in total. The maximum absolute atomic E-state index is 13.1. The highest BCUT2D eigenvalue weighted by Gasteiger charge is 2.19. The number of pyridine rings is 1. The zero-order chi connectivity index (χ0) is 28.2. The lowest BCUT2D eigenvalue weighted by molar-refractivity contribution is -0.0498. The van der Waals surface area contributed by atoms with E-state index in [-0.39, 0.29) is 16.4 Å². The van der Waals surface area contributed by atoms with Crippen LogP contribution in [0.4, 0.5) is 8.78 Å². The molecular weight excluding hydrogens is 528 g/mol. The van der Waals surface area contributed by atoms with Gasteiger partial charge in [0.1, 0.15) is 5.75 Å². The van der Waals surface area contributed by atoms with Gasteiger partial charge in [-0.1, -0.05) is 19.1 Å². The van der Waals surface area contributed by atoms with Crippen molar-refractivity contribution in [1.82, 2.24) is 14.9 Å². The van der Waals surface area contributed by atoms with E-state index in [0.29, 0.717) is 24.2 Å². The first-order chi connectivity index (χ1) is 18.6. The molecule has 4 aromatic rings. The fourth-order valence-electron chi connectivity index (χ4n) is 4.43. The number of fused-ring (bicyclic) bond motifs is 1. The Hall–Kier alpha value is -3.83. The van der Waals surface area contributed by atoms with Crippen LogP contribution in [-0.4, -0.2) is 48.0 Å². The van der Waals surface area contributed by atoms with Crippen molar-refractivity contribution in [3.05, 3.63) is 89.4 Å². The standard InChI is InChI=1S/C28H29F2N3O5S/c1-3-33-21(12-18-6-5-7-22(13-18)38-28(29)30)15-20-14-19(8-11-26(20)33)27(35)32-25(17-34)24-10-9-23(16-31-24)39(36,37)4-2/h5-11,13-16,25,28,34H,3-4,12,17H2,1-2H3,(H,32,35)/t25-/m0/s1. The van der Waals surface area contributed by atoms with Gasteiger partial charge < -0.3 is 19.7 Å². The van der Waals surface area contributed by atoms with Crippen molar-refractivity contribution in [2.24, 2.45) is 0 Å². The molecule has 0 aliphatic carbocycles. The minimum Gasteiger partial charge on any atom is -0.435 e. The number of amides is 1. The zero-order valence-electron chi connectivity index (χ0n) is 21.5. The summed E-state index contributed by atoms with van der Waals surface area (Å²) in [6, 6.07) is 15.8. The van der Waals surface area contributed by atoms with Crippen LogP contribution >= 0.6 is 0 Å². The molecule has 0 saturated carbocycles. The molecule has 2 aromatic carbocycles. The van der Waals surface area contributed by atoms with E-state index < -0.39 is 35.0 Å². The molecule has 0 fully saturated rings. The summed E-state index contributed by atoms with van der Waals surface area (Å²) in [5.74, 6) is -0.390. The lowest BCUT2D eigenvalue weighted by Crippen LogP contribution is -2.31. The molecular formula is C28H29F2N3O5S. The van der Waals surface area contributed by atoms with Crippen molar-refractivity contribution >= 4 is 26.6 Å². The predicted octanol–water partition coefficient (Wildman–Crippen LogP) is 4.51. The van der Waals surface area contributed by atoms with Gasteiger partial charge in [0.05, 0.1) is 29.0 Å². The van der Waals surface area contributed by atoms with Gasteiger partial charge in [-0.25, -0.2) is 8.42 Å². The average molecular weight is 558 g/mol. The fourth-order valence-corrected chi connectivity index (χ4v) is 5.26. The summed E-state index contributed by atoms with van der Waals surface area (Å²) in [6.07, 6.45) is 1.70. The third-order valence-corrected chi connectivity index (χ3v) is 8.14. The quantitative estimate of drug-likeness (QED) is 0.281. The first-order valence-electron chi connectivity index (χ1n) is 12.4. The third kappa shape index (κ3) is 6.43. The van der Waals surface area contributed by atoms with Gasteiger partial charge in [0.25, 0.3) is 5.91 Å². The molecule has 1 atom stereocenters. The van der Waals surface area contributed by atoms with Crippen LogP contribution in [0.2, 0.25) is 0 Å². The van der Waals surface area contributed by atoms with Gasteiger partial charge in [-0.2, -0.15) is 8.78 Å². The molecule has 0 radical (unpaired) electrons. The lowest BCUT2D eigenvalue weighted by Gasteiger charge is -2.16. The minimum atomic E-state index is -3.42. The zero-order valence-corrected chi connectivity index (χ0v) is 22.3. The van der Waals surface area contributed by atoms with Crippen LogP contribution in [0.5, 0.6) is 5.75 Å². The number of carbonyl (C=O) groups excluding carboxylic acids is 1. The summed E-state index contributed by atoms with van der Waals surface area (Å²) in [4.78, 5) is 17.3. The summed E-state index contributed by atoms with van der Waals surface area (Å²) < 4.78 is 55.9. The number of nitrogens with zero attached hydrogens (tertiary/aromatic N) is 2. The molecule has 11 heteroatoms. The van der Waals surface area contributed by atoms with Crippen molar-refractivity contribution in [3.63, 3.8) is 0 Å². The number of nitrogens with one attached hydrogen (secondary N) is 1. The monoisotopic (exact) mass is 557 g/mol. The van der Waals surface area contributed by atoms with Gasteiger partial charge in [0.15, 0.2) is 9.84 Å². The van der Waals surface area contributed by atoms with Gasteiger partial charge in [-0.3, -0.25) is 9.78 Å². The number of sulfone groups is 1. The SMILES string of the molecule is CCn1c(Cc2cccc(OC(F)F)c2)cc2cc(C(=O)N[C@@H](CO)c3ccc(S(=O)(=O)CC)cn3)ccc21. The number of hydrogen-bond acceptors (Lipinski definition) is 6. The van der Waals surface area contributed by atoms with E-state index in [2.05, 4.69) is 19.6 Å². The predicted molar refractivity (Wildman–Crippen MR) is 143 cm³/mol. The molecule has 0 aliphatic heterocycles. The fraction of sp³-hybridized carbons (Fsp3) is 0.286. The topological polar surface area (TPSA) is 111 Å². The first kappa shape index (κ1) is 28.2. The summed E-state index contributed by atoms with van der Waals surface area (Å²) in [5, 5.41) is 13.5. The number of aryl methyl sites for hydroxylation is 1. The summed E-state index contributed by atoms with van der Waals surface area (Å²) >= 11 is 0. The maximum atomic E-state index is 13.1. The number of aliphatic hydroxyl groups excluding tert-OH is 1. The molecule has 1 amide bonds. The molecule has 39 heavy (non-hydrogen) atoms. The molecule has 2 heterocycles. The Morgan fingerprint density at radius 3 is 2.54 bits per heavy atom. The number of aliphatic hydroxyl groups is 1. The van der Waals surface area contributed by atoms with E-state index >= 15 is 0 Å². The van der Waals surface area contributed by atoms with Crippen molar-refractivity contribution < 1.29 is 31.8 Å². The number of ether oxygens (including phenoxy) is 1. The highest BCUT2D eigenvalue weighted by molar-refractivity contribution is 7.91.